The summed E-state index contributed by atoms with van der Waals surface area (Å²) >= 11 is 1.78. The van der Waals surface area contributed by atoms with Crippen molar-refractivity contribution in [1.29, 1.82) is 0 Å². The fourth-order valence-corrected chi connectivity index (χ4v) is 2.44. The molecule has 0 atom stereocenters. The maximum absolute atomic E-state index is 5.71. The van der Waals surface area contributed by atoms with E-state index in [2.05, 4.69) is 20.8 Å². The van der Waals surface area contributed by atoms with E-state index in [4.69, 9.17) is 14.2 Å². The van der Waals surface area contributed by atoms with Gasteiger partial charge in [-0.05, 0) is 20.8 Å². The Hall–Kier alpha value is -0.580. The maximum Gasteiger partial charge on any atom is 0.136 e. The zero-order valence-corrected chi connectivity index (χ0v) is 11.3. The zero-order chi connectivity index (χ0) is 12.0. The zero-order valence-electron chi connectivity index (χ0n) is 10.5. The van der Waals surface area contributed by atoms with E-state index >= 15 is 0 Å². The molecule has 1 aromatic rings. The predicted octanol–water partition coefficient (Wildman–Crippen LogP) is 2.72. The maximum atomic E-state index is 5.71. The average Bonchev–Trinajstić information content (AvgIpc) is 2.49. The minimum atomic E-state index is 0.599. The summed E-state index contributed by atoms with van der Waals surface area (Å²) in [6.07, 6.45) is 0. The lowest BCUT2D eigenvalue weighted by Gasteiger charge is -2.07. The summed E-state index contributed by atoms with van der Waals surface area (Å²) in [7, 11) is 1.67. The molecule has 0 saturated heterocycles. The second-order valence-corrected chi connectivity index (χ2v) is 5.05. The van der Waals surface area contributed by atoms with Gasteiger partial charge in [0.1, 0.15) is 12.4 Å². The van der Waals surface area contributed by atoms with Gasteiger partial charge < -0.3 is 14.2 Å². The molecule has 0 amide bonds. The van der Waals surface area contributed by atoms with Crippen molar-refractivity contribution in [1.82, 2.24) is 0 Å². The van der Waals surface area contributed by atoms with Crippen LogP contribution in [0.15, 0.2) is 0 Å². The van der Waals surface area contributed by atoms with Gasteiger partial charge in [-0.2, -0.15) is 0 Å². The molecular weight excluding hydrogens is 224 g/mol. The lowest BCUT2D eigenvalue weighted by atomic mass is 10.2. The summed E-state index contributed by atoms with van der Waals surface area (Å²) in [4.78, 5) is 2.57. The number of thiophene rings is 1. The minimum Gasteiger partial charge on any atom is -0.490 e. The summed E-state index contributed by atoms with van der Waals surface area (Å²) in [5.41, 5.74) is 1.25. The number of ether oxygens (including phenoxy) is 3. The molecule has 0 radical (unpaired) electrons. The minimum absolute atomic E-state index is 0.599. The summed E-state index contributed by atoms with van der Waals surface area (Å²) in [5.74, 6) is 1.03. The Kier molecular flexibility index (Phi) is 5.80. The van der Waals surface area contributed by atoms with Gasteiger partial charge in [-0.25, -0.2) is 0 Å². The van der Waals surface area contributed by atoms with Gasteiger partial charge in [-0.3, -0.25) is 0 Å². The third-order valence-corrected chi connectivity index (χ3v) is 3.50. The van der Waals surface area contributed by atoms with Crippen LogP contribution < -0.4 is 4.74 Å². The molecule has 0 spiro atoms. The molecule has 1 rings (SSSR count). The van der Waals surface area contributed by atoms with Gasteiger partial charge in [0.25, 0.3) is 0 Å². The van der Waals surface area contributed by atoms with E-state index in [0.717, 1.165) is 5.75 Å². The van der Waals surface area contributed by atoms with Crippen LogP contribution in [0, 0.1) is 20.8 Å². The van der Waals surface area contributed by atoms with Crippen LogP contribution in [0.4, 0.5) is 0 Å². The van der Waals surface area contributed by atoms with Crippen molar-refractivity contribution >= 4 is 11.3 Å². The molecule has 0 aliphatic rings. The molecule has 0 unspecified atom stereocenters. The molecule has 1 aromatic heterocycles. The van der Waals surface area contributed by atoms with Crippen LogP contribution >= 0.6 is 11.3 Å². The Morgan fingerprint density at radius 1 is 0.938 bits per heavy atom. The fourth-order valence-electron chi connectivity index (χ4n) is 1.43. The Morgan fingerprint density at radius 2 is 1.62 bits per heavy atom. The third kappa shape index (κ3) is 3.77. The Bertz CT molecular complexity index is 320. The second-order valence-electron chi connectivity index (χ2n) is 3.62. The molecule has 16 heavy (non-hydrogen) atoms. The van der Waals surface area contributed by atoms with Gasteiger partial charge in [0.15, 0.2) is 0 Å². The molecule has 0 aliphatic carbocycles. The van der Waals surface area contributed by atoms with Crippen molar-refractivity contribution in [2.24, 2.45) is 0 Å². The molecule has 0 bridgehead atoms. The summed E-state index contributed by atoms with van der Waals surface area (Å²) in [6, 6.07) is 0. The lowest BCUT2D eigenvalue weighted by Crippen LogP contribution is -2.10. The molecule has 3 nitrogen and oxygen atoms in total. The number of aryl methyl sites for hydroxylation is 2. The van der Waals surface area contributed by atoms with Crippen molar-refractivity contribution in [3.8, 4) is 5.75 Å². The topological polar surface area (TPSA) is 27.7 Å². The van der Waals surface area contributed by atoms with E-state index in [-0.39, 0.29) is 0 Å². The number of methoxy groups -OCH3 is 1. The molecule has 0 aromatic carbocycles. The molecule has 0 N–H and O–H groups in total. The normalized spacial score (nSPS) is 10.8. The molecule has 1 heterocycles. The standard InChI is InChI=1S/C12H20O3S/c1-9-10(2)16-11(3)12(9)15-8-7-14-6-5-13-4/h5-8H2,1-4H3. The van der Waals surface area contributed by atoms with Gasteiger partial charge >= 0.3 is 0 Å². The summed E-state index contributed by atoms with van der Waals surface area (Å²) in [5, 5.41) is 0. The largest absolute Gasteiger partial charge is 0.490 e. The molecule has 92 valence electrons. The van der Waals surface area contributed by atoms with Crippen molar-refractivity contribution in [3.05, 3.63) is 15.3 Å². The SMILES string of the molecule is COCCOCCOc1c(C)sc(C)c1C. The van der Waals surface area contributed by atoms with E-state index in [9.17, 15) is 0 Å². The Labute approximate surface area is 101 Å². The summed E-state index contributed by atoms with van der Waals surface area (Å²) in [6.45, 7) is 8.77. The van der Waals surface area contributed by atoms with E-state index in [1.807, 2.05) is 0 Å². The Morgan fingerprint density at radius 3 is 2.19 bits per heavy atom. The highest BCUT2D eigenvalue weighted by Gasteiger charge is 2.09. The van der Waals surface area contributed by atoms with E-state index in [0.29, 0.717) is 26.4 Å². The average molecular weight is 244 g/mol. The van der Waals surface area contributed by atoms with Crippen LogP contribution in [0.2, 0.25) is 0 Å². The van der Waals surface area contributed by atoms with Crippen molar-refractivity contribution in [2.45, 2.75) is 20.8 Å². The summed E-state index contributed by atoms with van der Waals surface area (Å²) < 4.78 is 15.9. The highest BCUT2D eigenvalue weighted by molar-refractivity contribution is 7.12. The van der Waals surface area contributed by atoms with Gasteiger partial charge in [-0.1, -0.05) is 0 Å². The lowest BCUT2D eigenvalue weighted by molar-refractivity contribution is 0.0543. The van der Waals surface area contributed by atoms with E-state index in [1.54, 1.807) is 18.4 Å². The van der Waals surface area contributed by atoms with E-state index < -0.39 is 0 Å². The number of rotatable bonds is 7. The van der Waals surface area contributed by atoms with Gasteiger partial charge in [-0.15, -0.1) is 11.3 Å². The van der Waals surface area contributed by atoms with Crippen LogP contribution in [0.1, 0.15) is 15.3 Å². The van der Waals surface area contributed by atoms with Crippen LogP contribution in [-0.4, -0.2) is 33.5 Å². The first-order chi connectivity index (χ1) is 7.66. The highest BCUT2D eigenvalue weighted by Crippen LogP contribution is 2.33. The van der Waals surface area contributed by atoms with Crippen LogP contribution in [0.25, 0.3) is 0 Å². The van der Waals surface area contributed by atoms with Crippen molar-refractivity contribution in [2.75, 3.05) is 33.5 Å². The highest BCUT2D eigenvalue weighted by atomic mass is 32.1. The molecular formula is C12H20O3S. The molecule has 0 aliphatic heterocycles. The smallest absolute Gasteiger partial charge is 0.136 e. The van der Waals surface area contributed by atoms with Gasteiger partial charge in [0.2, 0.25) is 0 Å². The van der Waals surface area contributed by atoms with Crippen molar-refractivity contribution < 1.29 is 14.2 Å². The Balaban J connectivity index is 2.26. The molecule has 0 fully saturated rings. The predicted molar refractivity (Wildman–Crippen MR) is 66.7 cm³/mol. The first-order valence-electron chi connectivity index (χ1n) is 5.43. The number of hydrogen-bond acceptors (Lipinski definition) is 4. The third-order valence-electron chi connectivity index (χ3n) is 2.40. The van der Waals surface area contributed by atoms with Crippen LogP contribution in [0.5, 0.6) is 5.75 Å². The quantitative estimate of drug-likeness (QED) is 0.690. The van der Waals surface area contributed by atoms with Gasteiger partial charge in [0, 0.05) is 22.4 Å². The van der Waals surface area contributed by atoms with Crippen LogP contribution in [0.3, 0.4) is 0 Å². The van der Waals surface area contributed by atoms with E-state index in [1.165, 1.54) is 15.3 Å². The molecule has 0 saturated carbocycles. The monoisotopic (exact) mass is 244 g/mol. The second kappa shape index (κ2) is 6.89. The fraction of sp³-hybridized carbons (Fsp3) is 0.667. The van der Waals surface area contributed by atoms with Gasteiger partial charge in [0.05, 0.1) is 19.8 Å². The van der Waals surface area contributed by atoms with Crippen LogP contribution in [-0.2, 0) is 9.47 Å². The van der Waals surface area contributed by atoms with Crippen molar-refractivity contribution in [3.63, 3.8) is 0 Å². The number of hydrogen-bond donors (Lipinski definition) is 0. The molecule has 4 heteroatoms. The first kappa shape index (κ1) is 13.5. The first-order valence-corrected chi connectivity index (χ1v) is 6.24.